The quantitative estimate of drug-likeness (QED) is 0.527. The van der Waals surface area contributed by atoms with Gasteiger partial charge in [-0.3, -0.25) is 9.10 Å². The molecule has 0 aromatic heterocycles. The number of sulfonamides is 1. The summed E-state index contributed by atoms with van der Waals surface area (Å²) >= 11 is 3.18. The van der Waals surface area contributed by atoms with E-state index >= 15 is 0 Å². The van der Waals surface area contributed by atoms with Crippen molar-refractivity contribution in [1.82, 2.24) is 0 Å². The first kappa shape index (κ1) is 21.5. The minimum absolute atomic E-state index is 0.0747. The SMILES string of the molecule is Cc1ccc(S(=O)(=O)N2c3ccc(C(=O)Nc4ccc(Br)cc4F)cc3C[C@@H]2C)cc1. The van der Waals surface area contributed by atoms with Crippen molar-refractivity contribution in [2.24, 2.45) is 0 Å². The summed E-state index contributed by atoms with van der Waals surface area (Å²) in [7, 11) is -3.73. The van der Waals surface area contributed by atoms with E-state index in [1.807, 2.05) is 13.8 Å². The van der Waals surface area contributed by atoms with E-state index < -0.39 is 21.7 Å². The van der Waals surface area contributed by atoms with E-state index in [2.05, 4.69) is 21.2 Å². The summed E-state index contributed by atoms with van der Waals surface area (Å²) in [5.41, 5.74) is 2.70. The van der Waals surface area contributed by atoms with E-state index in [0.29, 0.717) is 22.1 Å². The topological polar surface area (TPSA) is 66.5 Å². The Morgan fingerprint density at radius 3 is 2.48 bits per heavy atom. The predicted octanol–water partition coefficient (Wildman–Crippen LogP) is 5.29. The first-order chi connectivity index (χ1) is 14.7. The Labute approximate surface area is 189 Å². The van der Waals surface area contributed by atoms with E-state index in [9.17, 15) is 17.6 Å². The van der Waals surface area contributed by atoms with Gasteiger partial charge in [-0.15, -0.1) is 0 Å². The fourth-order valence-electron chi connectivity index (χ4n) is 3.72. The maximum Gasteiger partial charge on any atom is 0.264 e. The molecule has 1 heterocycles. The van der Waals surface area contributed by atoms with Crippen LogP contribution in [0, 0.1) is 12.7 Å². The third kappa shape index (κ3) is 4.09. The molecule has 3 aromatic rings. The van der Waals surface area contributed by atoms with Crippen molar-refractivity contribution in [3.8, 4) is 0 Å². The second kappa shape index (κ2) is 8.09. The summed E-state index contributed by atoms with van der Waals surface area (Å²) in [4.78, 5) is 12.9. The van der Waals surface area contributed by atoms with Crippen molar-refractivity contribution in [3.05, 3.63) is 87.6 Å². The lowest BCUT2D eigenvalue weighted by Crippen LogP contribution is -2.35. The van der Waals surface area contributed by atoms with Crippen LogP contribution in [0.1, 0.15) is 28.4 Å². The van der Waals surface area contributed by atoms with Crippen LogP contribution in [0.5, 0.6) is 0 Å². The van der Waals surface area contributed by atoms with Crippen LogP contribution in [0.15, 0.2) is 70.0 Å². The minimum Gasteiger partial charge on any atom is -0.319 e. The number of fused-ring (bicyclic) bond motifs is 1. The average Bonchev–Trinajstić information content (AvgIpc) is 3.06. The molecule has 0 radical (unpaired) electrons. The molecule has 1 aliphatic heterocycles. The van der Waals surface area contributed by atoms with Gasteiger partial charge in [-0.1, -0.05) is 33.6 Å². The molecule has 1 amide bonds. The Hall–Kier alpha value is -2.71. The van der Waals surface area contributed by atoms with E-state index in [-0.39, 0.29) is 16.6 Å². The molecule has 1 N–H and O–H groups in total. The summed E-state index contributed by atoms with van der Waals surface area (Å²) in [6.45, 7) is 3.74. The van der Waals surface area contributed by atoms with Gasteiger partial charge in [0, 0.05) is 16.1 Å². The molecule has 1 atom stereocenters. The van der Waals surface area contributed by atoms with Crippen LogP contribution >= 0.6 is 15.9 Å². The number of amides is 1. The number of carbonyl (C=O) groups is 1. The number of nitrogens with one attached hydrogen (secondary N) is 1. The standard InChI is InChI=1S/C23H20BrFN2O3S/c1-14-3-7-19(8-4-14)31(29,30)27-15(2)11-17-12-16(5-10-22(17)27)23(28)26-21-9-6-18(24)13-20(21)25/h3-10,12-13,15H,11H2,1-2H3,(H,26,28)/t15-/m0/s1. The summed E-state index contributed by atoms with van der Waals surface area (Å²) in [6.07, 6.45) is 0.480. The molecule has 0 saturated heterocycles. The maximum absolute atomic E-state index is 14.0. The highest BCUT2D eigenvalue weighted by Gasteiger charge is 2.36. The lowest BCUT2D eigenvalue weighted by molar-refractivity contribution is 0.102. The number of benzene rings is 3. The highest BCUT2D eigenvalue weighted by atomic mass is 79.9. The van der Waals surface area contributed by atoms with E-state index in [0.717, 1.165) is 11.1 Å². The molecule has 3 aromatic carbocycles. The number of anilines is 2. The number of halogens is 2. The molecular formula is C23H20BrFN2O3S. The second-order valence-corrected chi connectivity index (χ2v) is 10.3. The number of carbonyl (C=O) groups excluding carboxylic acids is 1. The van der Waals surface area contributed by atoms with Gasteiger partial charge in [0.25, 0.3) is 15.9 Å². The minimum atomic E-state index is -3.73. The number of aryl methyl sites for hydroxylation is 1. The maximum atomic E-state index is 14.0. The van der Waals surface area contributed by atoms with Crippen molar-refractivity contribution < 1.29 is 17.6 Å². The Morgan fingerprint density at radius 1 is 1.10 bits per heavy atom. The zero-order valence-corrected chi connectivity index (χ0v) is 19.3. The van der Waals surface area contributed by atoms with Crippen molar-refractivity contribution in [2.75, 3.05) is 9.62 Å². The summed E-state index contributed by atoms with van der Waals surface area (Å²) < 4.78 is 42.5. The molecule has 0 aliphatic carbocycles. The molecule has 0 fully saturated rings. The average molecular weight is 503 g/mol. The van der Waals surface area contributed by atoms with Gasteiger partial charge in [0.05, 0.1) is 16.3 Å². The third-order valence-electron chi connectivity index (χ3n) is 5.25. The van der Waals surface area contributed by atoms with E-state index in [4.69, 9.17) is 0 Å². The fourth-order valence-corrected chi connectivity index (χ4v) is 5.75. The van der Waals surface area contributed by atoms with Crippen LogP contribution in [0.3, 0.4) is 0 Å². The van der Waals surface area contributed by atoms with Gasteiger partial charge < -0.3 is 5.32 Å². The molecule has 0 spiro atoms. The summed E-state index contributed by atoms with van der Waals surface area (Å²) in [5, 5.41) is 2.56. The number of nitrogens with zero attached hydrogens (tertiary/aromatic N) is 1. The Morgan fingerprint density at radius 2 is 1.81 bits per heavy atom. The third-order valence-corrected chi connectivity index (χ3v) is 7.69. The van der Waals surface area contributed by atoms with Crippen molar-refractivity contribution in [2.45, 2.75) is 31.2 Å². The van der Waals surface area contributed by atoms with Gasteiger partial charge in [-0.2, -0.15) is 0 Å². The van der Waals surface area contributed by atoms with Crippen LogP contribution in [0.25, 0.3) is 0 Å². The molecule has 31 heavy (non-hydrogen) atoms. The first-order valence-electron chi connectivity index (χ1n) is 9.67. The predicted molar refractivity (Wildman–Crippen MR) is 123 cm³/mol. The van der Waals surface area contributed by atoms with Crippen LogP contribution in [-0.4, -0.2) is 20.4 Å². The van der Waals surface area contributed by atoms with Gasteiger partial charge >= 0.3 is 0 Å². The van der Waals surface area contributed by atoms with Crippen LogP contribution < -0.4 is 9.62 Å². The zero-order chi connectivity index (χ0) is 22.3. The summed E-state index contributed by atoms with van der Waals surface area (Å²) in [6, 6.07) is 15.7. The van der Waals surface area contributed by atoms with Crippen molar-refractivity contribution in [3.63, 3.8) is 0 Å². The molecule has 4 rings (SSSR count). The lowest BCUT2D eigenvalue weighted by atomic mass is 10.1. The van der Waals surface area contributed by atoms with Gasteiger partial charge in [-0.25, -0.2) is 12.8 Å². The molecule has 1 aliphatic rings. The zero-order valence-electron chi connectivity index (χ0n) is 16.9. The van der Waals surface area contributed by atoms with E-state index in [1.165, 1.54) is 16.4 Å². The molecular weight excluding hydrogens is 483 g/mol. The van der Waals surface area contributed by atoms with Gasteiger partial charge in [0.15, 0.2) is 0 Å². The smallest absolute Gasteiger partial charge is 0.264 e. The Bertz CT molecular complexity index is 1280. The van der Waals surface area contributed by atoms with Gasteiger partial charge in [0.2, 0.25) is 0 Å². The number of rotatable bonds is 4. The van der Waals surface area contributed by atoms with Gasteiger partial charge in [-0.05, 0) is 74.4 Å². The number of hydrogen-bond acceptors (Lipinski definition) is 3. The molecule has 5 nitrogen and oxygen atoms in total. The Kier molecular flexibility index (Phi) is 5.61. The second-order valence-electron chi connectivity index (χ2n) is 7.59. The van der Waals surface area contributed by atoms with Crippen LogP contribution in [-0.2, 0) is 16.4 Å². The molecule has 0 saturated carbocycles. The molecule has 8 heteroatoms. The van der Waals surface area contributed by atoms with Crippen molar-refractivity contribution >= 4 is 43.2 Å². The van der Waals surface area contributed by atoms with Crippen LogP contribution in [0.4, 0.5) is 15.8 Å². The normalized spacial score (nSPS) is 15.6. The van der Waals surface area contributed by atoms with E-state index in [1.54, 1.807) is 48.5 Å². The largest absolute Gasteiger partial charge is 0.319 e. The Balaban J connectivity index is 1.63. The van der Waals surface area contributed by atoms with Crippen LogP contribution in [0.2, 0.25) is 0 Å². The van der Waals surface area contributed by atoms with Crippen molar-refractivity contribution in [1.29, 1.82) is 0 Å². The highest BCUT2D eigenvalue weighted by molar-refractivity contribution is 9.10. The summed E-state index contributed by atoms with van der Waals surface area (Å²) in [5.74, 6) is -1.01. The molecule has 0 bridgehead atoms. The molecule has 0 unspecified atom stereocenters. The first-order valence-corrected chi connectivity index (χ1v) is 11.9. The fraction of sp³-hybridized carbons (Fsp3) is 0.174. The highest BCUT2D eigenvalue weighted by Crippen LogP contribution is 2.37. The lowest BCUT2D eigenvalue weighted by Gasteiger charge is -2.24. The van der Waals surface area contributed by atoms with Gasteiger partial charge in [0.1, 0.15) is 5.82 Å². The monoisotopic (exact) mass is 502 g/mol. The number of hydrogen-bond donors (Lipinski definition) is 1. The molecule has 160 valence electrons.